The van der Waals surface area contributed by atoms with E-state index in [0.29, 0.717) is 36.8 Å². The normalized spacial score (nSPS) is 10.3. The lowest BCUT2D eigenvalue weighted by atomic mass is 10.1. The lowest BCUT2D eigenvalue weighted by Crippen LogP contribution is -2.30. The van der Waals surface area contributed by atoms with Crippen LogP contribution in [-0.2, 0) is 0 Å². The molecule has 2 aromatic carbocycles. The van der Waals surface area contributed by atoms with E-state index >= 15 is 0 Å². The van der Waals surface area contributed by atoms with Crippen LogP contribution in [-0.4, -0.2) is 44.7 Å². The van der Waals surface area contributed by atoms with Crippen molar-refractivity contribution >= 4 is 5.91 Å². The standard InChI is InChI=1S/C21H27NO4/c1-6-25-20-14-17(7-8-19(20)24-5)21(23)22(4)9-10-26-18-12-15(2)11-16(3)13-18/h7-8,11-14H,6,9-10H2,1-5H3. The highest BCUT2D eigenvalue weighted by Crippen LogP contribution is 2.28. The van der Waals surface area contributed by atoms with Crippen molar-refractivity contribution in [3.63, 3.8) is 0 Å². The number of amides is 1. The molecule has 0 aliphatic carbocycles. The number of likely N-dealkylation sites (N-methyl/N-ethyl adjacent to an activating group) is 1. The van der Waals surface area contributed by atoms with Crippen LogP contribution in [0.2, 0.25) is 0 Å². The van der Waals surface area contributed by atoms with Crippen LogP contribution in [0.3, 0.4) is 0 Å². The maximum Gasteiger partial charge on any atom is 0.253 e. The molecule has 1 amide bonds. The van der Waals surface area contributed by atoms with E-state index in [4.69, 9.17) is 14.2 Å². The first-order chi connectivity index (χ1) is 12.4. The van der Waals surface area contributed by atoms with Gasteiger partial charge in [0.15, 0.2) is 11.5 Å². The smallest absolute Gasteiger partial charge is 0.253 e. The van der Waals surface area contributed by atoms with Crippen molar-refractivity contribution in [3.05, 3.63) is 53.1 Å². The zero-order valence-corrected chi connectivity index (χ0v) is 16.2. The second-order valence-electron chi connectivity index (χ2n) is 6.20. The molecule has 0 bridgehead atoms. The number of aryl methyl sites for hydroxylation is 2. The van der Waals surface area contributed by atoms with Crippen LogP contribution < -0.4 is 14.2 Å². The number of methoxy groups -OCH3 is 1. The lowest BCUT2D eigenvalue weighted by molar-refractivity contribution is 0.0773. The van der Waals surface area contributed by atoms with Gasteiger partial charge in [0.2, 0.25) is 0 Å². The highest BCUT2D eigenvalue weighted by Gasteiger charge is 2.15. The molecule has 0 saturated carbocycles. The van der Waals surface area contributed by atoms with Crippen LogP contribution in [0.15, 0.2) is 36.4 Å². The van der Waals surface area contributed by atoms with E-state index in [9.17, 15) is 4.79 Å². The zero-order valence-electron chi connectivity index (χ0n) is 16.2. The molecule has 140 valence electrons. The summed E-state index contributed by atoms with van der Waals surface area (Å²) in [7, 11) is 3.34. The van der Waals surface area contributed by atoms with Crippen LogP contribution in [0.4, 0.5) is 0 Å². The molecule has 0 atom stereocenters. The molecule has 5 nitrogen and oxygen atoms in total. The average molecular weight is 357 g/mol. The topological polar surface area (TPSA) is 48.0 Å². The minimum atomic E-state index is -0.0855. The fraction of sp³-hybridized carbons (Fsp3) is 0.381. The summed E-state index contributed by atoms with van der Waals surface area (Å²) in [5.74, 6) is 1.92. The molecule has 0 radical (unpaired) electrons. The number of ether oxygens (including phenoxy) is 3. The van der Waals surface area contributed by atoms with Crippen molar-refractivity contribution in [2.45, 2.75) is 20.8 Å². The van der Waals surface area contributed by atoms with E-state index in [1.54, 1.807) is 37.3 Å². The summed E-state index contributed by atoms with van der Waals surface area (Å²) in [6.07, 6.45) is 0. The molecule has 0 unspecified atom stereocenters. The maximum absolute atomic E-state index is 12.6. The SMILES string of the molecule is CCOc1cc(C(=O)N(C)CCOc2cc(C)cc(C)c2)ccc1OC. The third-order valence-electron chi connectivity index (χ3n) is 3.95. The van der Waals surface area contributed by atoms with Crippen molar-refractivity contribution in [2.75, 3.05) is 33.9 Å². The van der Waals surface area contributed by atoms with Gasteiger partial charge in [-0.2, -0.15) is 0 Å². The van der Waals surface area contributed by atoms with E-state index in [1.807, 2.05) is 32.9 Å². The van der Waals surface area contributed by atoms with Crippen molar-refractivity contribution in [1.29, 1.82) is 0 Å². The van der Waals surface area contributed by atoms with Gasteiger partial charge in [0.1, 0.15) is 12.4 Å². The molecule has 0 aliphatic rings. The molecule has 0 fully saturated rings. The first-order valence-electron chi connectivity index (χ1n) is 8.72. The third kappa shape index (κ3) is 5.15. The van der Waals surface area contributed by atoms with Gasteiger partial charge in [-0.3, -0.25) is 4.79 Å². The Bertz CT molecular complexity index is 737. The number of hydrogen-bond acceptors (Lipinski definition) is 4. The number of carbonyl (C=O) groups is 1. The summed E-state index contributed by atoms with van der Waals surface area (Å²) < 4.78 is 16.6. The molecule has 0 aliphatic heterocycles. The van der Waals surface area contributed by atoms with Gasteiger partial charge in [-0.1, -0.05) is 6.07 Å². The maximum atomic E-state index is 12.6. The number of benzene rings is 2. The van der Waals surface area contributed by atoms with Crippen molar-refractivity contribution in [1.82, 2.24) is 4.90 Å². The Morgan fingerprint density at radius 3 is 2.31 bits per heavy atom. The van der Waals surface area contributed by atoms with Gasteiger partial charge in [-0.05, 0) is 62.2 Å². The van der Waals surface area contributed by atoms with Crippen LogP contribution in [0.25, 0.3) is 0 Å². The van der Waals surface area contributed by atoms with E-state index in [-0.39, 0.29) is 5.91 Å². The Labute approximate surface area is 155 Å². The van der Waals surface area contributed by atoms with Gasteiger partial charge >= 0.3 is 0 Å². The minimum absolute atomic E-state index is 0.0855. The van der Waals surface area contributed by atoms with Crippen LogP contribution in [0.5, 0.6) is 17.2 Å². The van der Waals surface area contributed by atoms with Crippen molar-refractivity contribution in [3.8, 4) is 17.2 Å². The largest absolute Gasteiger partial charge is 0.493 e. The average Bonchev–Trinajstić information content (AvgIpc) is 2.60. The summed E-state index contributed by atoms with van der Waals surface area (Å²) in [4.78, 5) is 14.3. The summed E-state index contributed by atoms with van der Waals surface area (Å²) >= 11 is 0. The second-order valence-corrected chi connectivity index (χ2v) is 6.20. The number of carbonyl (C=O) groups excluding carboxylic acids is 1. The highest BCUT2D eigenvalue weighted by molar-refractivity contribution is 5.94. The Morgan fingerprint density at radius 1 is 1.00 bits per heavy atom. The quantitative estimate of drug-likeness (QED) is 0.720. The number of rotatable bonds is 8. The Morgan fingerprint density at radius 2 is 1.69 bits per heavy atom. The fourth-order valence-electron chi connectivity index (χ4n) is 2.72. The highest BCUT2D eigenvalue weighted by atomic mass is 16.5. The van der Waals surface area contributed by atoms with E-state index in [1.165, 1.54) is 0 Å². The molecule has 2 aromatic rings. The van der Waals surface area contributed by atoms with Gasteiger partial charge in [0.25, 0.3) is 5.91 Å². The van der Waals surface area contributed by atoms with Gasteiger partial charge in [0, 0.05) is 12.6 Å². The summed E-state index contributed by atoms with van der Waals surface area (Å²) in [5, 5.41) is 0. The predicted molar refractivity (Wildman–Crippen MR) is 103 cm³/mol. The zero-order chi connectivity index (χ0) is 19.1. The Balaban J connectivity index is 1.97. The molecule has 0 spiro atoms. The fourth-order valence-corrected chi connectivity index (χ4v) is 2.72. The van der Waals surface area contributed by atoms with E-state index in [2.05, 4.69) is 6.07 Å². The van der Waals surface area contributed by atoms with Crippen molar-refractivity contribution in [2.24, 2.45) is 0 Å². The van der Waals surface area contributed by atoms with Crippen LogP contribution >= 0.6 is 0 Å². The monoisotopic (exact) mass is 357 g/mol. The van der Waals surface area contributed by atoms with Crippen LogP contribution in [0.1, 0.15) is 28.4 Å². The van der Waals surface area contributed by atoms with E-state index in [0.717, 1.165) is 16.9 Å². The molecule has 26 heavy (non-hydrogen) atoms. The van der Waals surface area contributed by atoms with Gasteiger partial charge in [0.05, 0.1) is 20.3 Å². The van der Waals surface area contributed by atoms with Gasteiger partial charge < -0.3 is 19.1 Å². The Hall–Kier alpha value is -2.69. The van der Waals surface area contributed by atoms with Gasteiger partial charge in [-0.15, -0.1) is 0 Å². The summed E-state index contributed by atoms with van der Waals surface area (Å²) in [5.41, 5.74) is 2.88. The van der Waals surface area contributed by atoms with Gasteiger partial charge in [-0.25, -0.2) is 0 Å². The van der Waals surface area contributed by atoms with E-state index < -0.39 is 0 Å². The minimum Gasteiger partial charge on any atom is -0.493 e. The number of nitrogens with zero attached hydrogens (tertiary/aromatic N) is 1. The van der Waals surface area contributed by atoms with Crippen LogP contribution in [0, 0.1) is 13.8 Å². The third-order valence-corrected chi connectivity index (χ3v) is 3.95. The molecule has 0 aromatic heterocycles. The molecule has 0 N–H and O–H groups in total. The van der Waals surface area contributed by atoms with Crippen molar-refractivity contribution < 1.29 is 19.0 Å². The summed E-state index contributed by atoms with van der Waals surface area (Å²) in [6, 6.07) is 11.3. The Kier molecular flexibility index (Phi) is 6.89. The predicted octanol–water partition coefficient (Wildman–Crippen LogP) is 3.86. The molecular weight excluding hydrogens is 330 g/mol. The molecular formula is C21H27NO4. The first-order valence-corrected chi connectivity index (χ1v) is 8.72. The molecule has 0 saturated heterocycles. The summed E-state index contributed by atoms with van der Waals surface area (Å²) in [6.45, 7) is 7.39. The molecule has 2 rings (SSSR count). The first kappa shape index (κ1) is 19.6. The lowest BCUT2D eigenvalue weighted by Gasteiger charge is -2.19. The molecule has 5 heteroatoms. The molecule has 0 heterocycles. The number of hydrogen-bond donors (Lipinski definition) is 0. The second kappa shape index (κ2) is 9.13.